The van der Waals surface area contributed by atoms with Crippen molar-refractivity contribution in [1.29, 1.82) is 0 Å². The molecular weight excluding hydrogens is 839 g/mol. The second-order valence-electron chi connectivity index (χ2n) is 16.4. The second kappa shape index (κ2) is 27.0. The minimum atomic E-state index is -1.22. The summed E-state index contributed by atoms with van der Waals surface area (Å²) in [5.74, 6) is -0.498. The van der Waals surface area contributed by atoms with E-state index in [9.17, 15) is 29.1 Å². The highest BCUT2D eigenvalue weighted by Crippen LogP contribution is 2.37. The fourth-order valence-corrected chi connectivity index (χ4v) is 8.03. The number of carbonyl (C=O) groups is 5. The third-order valence-electron chi connectivity index (χ3n) is 10.5. The van der Waals surface area contributed by atoms with Crippen LogP contribution < -0.4 is 15.4 Å². The maximum Gasteiger partial charge on any atom is 0.407 e. The SMILES string of the molecule is C[C@@H](C(=O)N[C@H](C(=O)N1CCC[C@H]1c1nc(C(=O)c2cccc(OCCOCCOCCOCCOCCOCCNC(=O)OC(C)(C)C)c2)cs1)C1CCCCC1)N(C)C(=O)O. The van der Waals surface area contributed by atoms with Gasteiger partial charge in [0.1, 0.15) is 40.7 Å². The molecule has 1 aliphatic carbocycles. The number of alkyl carbamates (subject to hydrolysis) is 1. The first-order chi connectivity index (χ1) is 30.2. The first-order valence-corrected chi connectivity index (χ1v) is 22.8. The van der Waals surface area contributed by atoms with Gasteiger partial charge in [-0.25, -0.2) is 14.6 Å². The van der Waals surface area contributed by atoms with Crippen LogP contribution in [0.2, 0.25) is 0 Å². The van der Waals surface area contributed by atoms with Gasteiger partial charge in [0.25, 0.3) is 0 Å². The second-order valence-corrected chi connectivity index (χ2v) is 17.3. The molecule has 1 saturated heterocycles. The van der Waals surface area contributed by atoms with Crippen LogP contribution in [0.4, 0.5) is 9.59 Å². The Bertz CT molecular complexity index is 1730. The lowest BCUT2D eigenvalue weighted by atomic mass is 9.83. The van der Waals surface area contributed by atoms with Crippen LogP contribution in [-0.2, 0) is 38.0 Å². The molecule has 1 aliphatic heterocycles. The van der Waals surface area contributed by atoms with Gasteiger partial charge in [-0.1, -0.05) is 31.4 Å². The molecule has 0 bridgehead atoms. The highest BCUT2D eigenvalue weighted by molar-refractivity contribution is 7.10. The predicted octanol–water partition coefficient (Wildman–Crippen LogP) is 5.09. The van der Waals surface area contributed by atoms with Crippen LogP contribution in [0.15, 0.2) is 29.6 Å². The maximum atomic E-state index is 14.2. The summed E-state index contributed by atoms with van der Waals surface area (Å²) >= 11 is 1.33. The molecule has 0 unspecified atom stereocenters. The molecule has 1 aromatic carbocycles. The first kappa shape index (κ1) is 51.2. The number of hydrogen-bond acceptors (Lipinski definition) is 14. The fourth-order valence-electron chi connectivity index (χ4n) is 7.09. The Kier molecular flexibility index (Phi) is 22.0. The third-order valence-corrected chi connectivity index (χ3v) is 11.5. The van der Waals surface area contributed by atoms with Gasteiger partial charge in [-0.3, -0.25) is 19.3 Å². The van der Waals surface area contributed by atoms with E-state index in [-0.39, 0.29) is 36.0 Å². The number of ketones is 1. The third kappa shape index (κ3) is 17.9. The smallest absolute Gasteiger partial charge is 0.407 e. The molecular formula is C44H67N5O13S. The lowest BCUT2D eigenvalue weighted by Gasteiger charge is -2.35. The van der Waals surface area contributed by atoms with Crippen LogP contribution in [0.1, 0.15) is 99.7 Å². The average molecular weight is 906 g/mol. The molecule has 2 aromatic rings. The van der Waals surface area contributed by atoms with Crippen molar-refractivity contribution in [2.75, 3.05) is 92.8 Å². The van der Waals surface area contributed by atoms with E-state index in [1.54, 1.807) is 55.3 Å². The Morgan fingerprint density at radius 3 is 2.06 bits per heavy atom. The molecule has 3 N–H and O–H groups in total. The van der Waals surface area contributed by atoms with Crippen molar-refractivity contribution in [3.63, 3.8) is 0 Å². The molecule has 19 heteroatoms. The molecule has 2 fully saturated rings. The lowest BCUT2D eigenvalue weighted by Crippen LogP contribution is -2.56. The summed E-state index contributed by atoms with van der Waals surface area (Å²) in [4.78, 5) is 71.5. The van der Waals surface area contributed by atoms with E-state index in [1.165, 1.54) is 25.3 Å². The molecule has 0 spiro atoms. The van der Waals surface area contributed by atoms with Crippen LogP contribution in [-0.4, -0.2) is 160 Å². The largest absolute Gasteiger partial charge is 0.491 e. The molecule has 2 aliphatic rings. The van der Waals surface area contributed by atoms with E-state index in [1.807, 2.05) is 0 Å². The first-order valence-electron chi connectivity index (χ1n) is 21.9. The predicted molar refractivity (Wildman–Crippen MR) is 233 cm³/mol. The number of carboxylic acid groups (broad SMARTS) is 1. The normalized spacial score (nSPS) is 16.6. The summed E-state index contributed by atoms with van der Waals surface area (Å²) in [5, 5.41) is 17.3. The average Bonchev–Trinajstić information content (AvgIpc) is 3.96. The molecule has 2 heterocycles. The van der Waals surface area contributed by atoms with Crippen molar-refractivity contribution in [3.8, 4) is 5.75 Å². The number of rotatable bonds is 27. The minimum Gasteiger partial charge on any atom is -0.491 e. The Hall–Kier alpha value is -4.40. The van der Waals surface area contributed by atoms with Crippen molar-refractivity contribution < 1.29 is 62.2 Å². The molecule has 18 nitrogen and oxygen atoms in total. The van der Waals surface area contributed by atoms with Crippen molar-refractivity contribution in [2.45, 2.75) is 96.4 Å². The van der Waals surface area contributed by atoms with Crippen LogP contribution in [0, 0.1) is 5.92 Å². The van der Waals surface area contributed by atoms with Crippen molar-refractivity contribution >= 4 is 41.1 Å². The topological polar surface area (TPSA) is 214 Å². The van der Waals surface area contributed by atoms with Crippen molar-refractivity contribution in [1.82, 2.24) is 25.4 Å². The molecule has 4 amide bonds. The number of nitrogens with one attached hydrogen (secondary N) is 2. The summed E-state index contributed by atoms with van der Waals surface area (Å²) in [6.45, 7) is 12.1. The van der Waals surface area contributed by atoms with E-state index in [0.717, 1.165) is 43.4 Å². The van der Waals surface area contributed by atoms with Gasteiger partial charge in [0.2, 0.25) is 17.6 Å². The molecule has 4 rings (SSSR count). The van der Waals surface area contributed by atoms with E-state index >= 15 is 0 Å². The zero-order chi connectivity index (χ0) is 45.6. The highest BCUT2D eigenvalue weighted by atomic mass is 32.1. The van der Waals surface area contributed by atoms with Crippen molar-refractivity contribution in [3.05, 3.63) is 45.9 Å². The number of likely N-dealkylation sites (tertiary alicyclic amines) is 1. The van der Waals surface area contributed by atoms with Gasteiger partial charge in [0.05, 0.1) is 72.1 Å². The number of ether oxygens (including phenoxy) is 7. The number of aromatic nitrogens is 1. The molecule has 1 saturated carbocycles. The number of carbonyl (C=O) groups excluding carboxylic acids is 4. The van der Waals surface area contributed by atoms with Crippen LogP contribution in [0.3, 0.4) is 0 Å². The summed E-state index contributed by atoms with van der Waals surface area (Å²) in [6.07, 6.45) is 4.33. The Balaban J connectivity index is 1.10. The van der Waals surface area contributed by atoms with Gasteiger partial charge in [0, 0.05) is 31.1 Å². The monoisotopic (exact) mass is 905 g/mol. The standard InChI is InChI=1S/C44H67N5O13S/c1-31(48(5)43(54)55)39(51)47-37(32-11-7-6-8-12-32)41(52)49-17-10-15-36(49)40-46-35(30-63-40)38(50)33-13-9-14-34(29-33)61-28-27-60-26-25-59-24-23-58-22-21-57-20-19-56-18-16-45-42(53)62-44(2,3)4/h9,13-14,29-32,36-37H,6-8,10-12,15-28H2,1-5H3,(H,45,53)(H,47,51)(H,54,55)/t31-,36-,37-/m0/s1. The quantitative estimate of drug-likeness (QED) is 0.0788. The number of thiazole rings is 1. The zero-order valence-corrected chi connectivity index (χ0v) is 38.3. The zero-order valence-electron chi connectivity index (χ0n) is 37.4. The highest BCUT2D eigenvalue weighted by Gasteiger charge is 2.40. The van der Waals surface area contributed by atoms with Gasteiger partial charge in [-0.05, 0) is 71.4 Å². The Morgan fingerprint density at radius 2 is 1.46 bits per heavy atom. The van der Waals surface area contributed by atoms with Gasteiger partial charge in [0.15, 0.2) is 0 Å². The minimum absolute atomic E-state index is 0.0506. The van der Waals surface area contributed by atoms with Gasteiger partial charge in [-0.2, -0.15) is 0 Å². The van der Waals surface area contributed by atoms with Crippen LogP contribution in [0.25, 0.3) is 0 Å². The van der Waals surface area contributed by atoms with Crippen LogP contribution >= 0.6 is 11.3 Å². The number of hydrogen-bond donors (Lipinski definition) is 3. The number of likely N-dealkylation sites (N-methyl/N-ethyl adjacent to an activating group) is 1. The molecule has 63 heavy (non-hydrogen) atoms. The summed E-state index contributed by atoms with van der Waals surface area (Å²) in [5.41, 5.74) is 0.162. The van der Waals surface area contributed by atoms with E-state index in [0.29, 0.717) is 102 Å². The molecule has 0 radical (unpaired) electrons. The Morgan fingerprint density at radius 1 is 0.857 bits per heavy atom. The van der Waals surface area contributed by atoms with Gasteiger partial charge >= 0.3 is 12.2 Å². The summed E-state index contributed by atoms with van der Waals surface area (Å²) in [7, 11) is 1.33. The van der Waals surface area contributed by atoms with Crippen molar-refractivity contribution in [2.24, 2.45) is 5.92 Å². The summed E-state index contributed by atoms with van der Waals surface area (Å²) < 4.78 is 38.5. The lowest BCUT2D eigenvalue weighted by molar-refractivity contribution is -0.140. The Labute approximate surface area is 374 Å². The molecule has 1 aromatic heterocycles. The van der Waals surface area contributed by atoms with E-state index < -0.39 is 35.8 Å². The fraction of sp³-hybridized carbons (Fsp3) is 0.682. The number of amides is 4. The maximum absolute atomic E-state index is 14.2. The molecule has 352 valence electrons. The van der Waals surface area contributed by atoms with E-state index in [2.05, 4.69) is 10.6 Å². The van der Waals surface area contributed by atoms with Crippen LogP contribution in [0.5, 0.6) is 5.75 Å². The van der Waals surface area contributed by atoms with Gasteiger partial charge < -0.3 is 53.8 Å². The number of nitrogens with zero attached hydrogens (tertiary/aromatic N) is 3. The molecule has 3 atom stereocenters. The van der Waals surface area contributed by atoms with E-state index in [4.69, 9.17) is 38.1 Å². The number of benzene rings is 1. The van der Waals surface area contributed by atoms with Gasteiger partial charge in [-0.15, -0.1) is 11.3 Å². The summed E-state index contributed by atoms with van der Waals surface area (Å²) in [6, 6.07) is 4.82.